The second kappa shape index (κ2) is 8.36. The van der Waals surface area contributed by atoms with Crippen LogP contribution in [-0.2, 0) is 0 Å². The monoisotopic (exact) mass is 499 g/mol. The molecule has 1 aliphatic rings. The summed E-state index contributed by atoms with van der Waals surface area (Å²) in [5.74, 6) is -1.68. The molecule has 184 valence electrons. The van der Waals surface area contributed by atoms with E-state index in [1.54, 1.807) is 20.8 Å². The molecular weight excluding hydrogens is 475 g/mol. The fourth-order valence-electron chi connectivity index (χ4n) is 4.36. The van der Waals surface area contributed by atoms with Crippen molar-refractivity contribution in [3.8, 4) is 11.4 Å². The number of alkyl halides is 2. The Morgan fingerprint density at radius 3 is 2.47 bits per heavy atom. The highest BCUT2D eigenvalue weighted by molar-refractivity contribution is 8.25. The molecule has 12 heteroatoms. The molecule has 0 aliphatic carbocycles. The third kappa shape index (κ3) is 4.40. The van der Waals surface area contributed by atoms with Crippen molar-refractivity contribution >= 4 is 27.5 Å². The molecule has 0 unspecified atom stereocenters. The van der Waals surface area contributed by atoms with Crippen molar-refractivity contribution in [1.29, 1.82) is 0 Å². The van der Waals surface area contributed by atoms with E-state index in [9.17, 15) is 27.5 Å². The van der Waals surface area contributed by atoms with E-state index >= 15 is 4.39 Å². The Labute approximate surface area is 194 Å². The summed E-state index contributed by atoms with van der Waals surface area (Å²) in [5.41, 5.74) is -1.35. The number of hydrogen-bond donors (Lipinski definition) is 3. The van der Waals surface area contributed by atoms with Crippen LogP contribution in [0.1, 0.15) is 37.2 Å². The van der Waals surface area contributed by atoms with Gasteiger partial charge in [0.05, 0.1) is 28.2 Å². The van der Waals surface area contributed by atoms with Crippen molar-refractivity contribution in [1.82, 2.24) is 14.5 Å². The molecule has 0 saturated carbocycles. The topological polar surface area (TPSA) is 106 Å². The molecular formula is C22H24F3N3O5S. The second-order valence-electron chi connectivity index (χ2n) is 8.89. The Kier molecular flexibility index (Phi) is 5.95. The first-order chi connectivity index (χ1) is 15.8. The summed E-state index contributed by atoms with van der Waals surface area (Å²) < 4.78 is 66.8. The molecule has 1 saturated heterocycles. The Bertz CT molecular complexity index is 1330. The first-order valence-electron chi connectivity index (χ1n) is 10.4. The van der Waals surface area contributed by atoms with Gasteiger partial charge in [-0.1, -0.05) is 6.07 Å². The van der Waals surface area contributed by atoms with E-state index in [0.717, 1.165) is 10.6 Å². The van der Waals surface area contributed by atoms with Gasteiger partial charge in [-0.2, -0.15) is 19.4 Å². The first-order valence-corrected chi connectivity index (χ1v) is 12.3. The molecule has 1 amide bonds. The Morgan fingerprint density at radius 2 is 1.88 bits per heavy atom. The van der Waals surface area contributed by atoms with Gasteiger partial charge in [-0.3, -0.25) is 23.0 Å². The third-order valence-electron chi connectivity index (χ3n) is 5.52. The van der Waals surface area contributed by atoms with E-state index in [1.807, 2.05) is 0 Å². The molecule has 1 aromatic heterocycles. The maximum atomic E-state index is 15.4. The molecule has 8 nitrogen and oxygen atoms in total. The minimum Gasteiger partial charge on any atom is -0.435 e. The molecule has 4 rings (SSSR count). The Balaban J connectivity index is 1.82. The van der Waals surface area contributed by atoms with Crippen LogP contribution in [0.2, 0.25) is 0 Å². The molecule has 34 heavy (non-hydrogen) atoms. The van der Waals surface area contributed by atoms with Gasteiger partial charge < -0.3 is 10.1 Å². The molecule has 2 heterocycles. The van der Waals surface area contributed by atoms with E-state index in [0.29, 0.717) is 0 Å². The van der Waals surface area contributed by atoms with Gasteiger partial charge in [-0.15, -0.1) is 0 Å². The largest absolute Gasteiger partial charge is 0.435 e. The van der Waals surface area contributed by atoms with Crippen molar-refractivity contribution in [2.75, 3.05) is 11.5 Å². The molecule has 0 spiro atoms. The Hall–Kier alpha value is -2.96. The number of rotatable bonds is 6. The summed E-state index contributed by atoms with van der Waals surface area (Å²) in [6, 6.07) is 7.31. The van der Waals surface area contributed by atoms with E-state index < -0.39 is 46.2 Å². The quantitative estimate of drug-likeness (QED) is 0.467. The predicted octanol–water partition coefficient (Wildman–Crippen LogP) is 4.37. The number of fused-ring (bicyclic) bond motifs is 1. The number of carbonyl (C=O) groups is 1. The molecule has 1 aliphatic heterocycles. The van der Waals surface area contributed by atoms with Gasteiger partial charge in [0.15, 0.2) is 0 Å². The van der Waals surface area contributed by atoms with Gasteiger partial charge >= 0.3 is 12.3 Å². The van der Waals surface area contributed by atoms with Gasteiger partial charge in [0.25, 0.3) is 5.91 Å². The van der Waals surface area contributed by atoms with Crippen molar-refractivity contribution in [3.05, 3.63) is 58.3 Å². The van der Waals surface area contributed by atoms with Crippen LogP contribution in [0.4, 0.5) is 13.2 Å². The highest BCUT2D eigenvalue weighted by atomic mass is 32.3. The number of halogens is 3. The molecule has 2 aromatic carbocycles. The molecule has 3 aromatic rings. The normalized spacial score (nSPS) is 17.6. The number of amides is 1. The highest BCUT2D eigenvalue weighted by Crippen LogP contribution is 2.53. The van der Waals surface area contributed by atoms with Crippen molar-refractivity contribution < 1.29 is 31.8 Å². The second-order valence-corrected chi connectivity index (χ2v) is 11.1. The number of carbonyl (C=O) groups excluding carboxylic acids is 1. The van der Waals surface area contributed by atoms with Crippen molar-refractivity contribution in [3.63, 3.8) is 0 Å². The summed E-state index contributed by atoms with van der Waals surface area (Å²) in [5, 5.41) is 2.70. The van der Waals surface area contributed by atoms with Crippen LogP contribution in [0.3, 0.4) is 0 Å². The van der Waals surface area contributed by atoms with Crippen molar-refractivity contribution in [2.45, 2.75) is 39.0 Å². The van der Waals surface area contributed by atoms with Gasteiger partial charge in [-0.05, 0) is 45.0 Å². The highest BCUT2D eigenvalue weighted by Gasteiger charge is 2.45. The minimum absolute atomic E-state index is 0.000570. The lowest BCUT2D eigenvalue weighted by Gasteiger charge is -2.54. The van der Waals surface area contributed by atoms with Gasteiger partial charge in [0, 0.05) is 17.7 Å². The third-order valence-corrected chi connectivity index (χ3v) is 7.72. The lowest BCUT2D eigenvalue weighted by Crippen LogP contribution is -2.61. The Morgan fingerprint density at radius 1 is 1.21 bits per heavy atom. The van der Waals surface area contributed by atoms with Crippen LogP contribution in [0.25, 0.3) is 16.7 Å². The summed E-state index contributed by atoms with van der Waals surface area (Å²) in [6.45, 7) is 2.02. The van der Waals surface area contributed by atoms with Crippen molar-refractivity contribution in [2.24, 2.45) is 0 Å². The number of ether oxygens (including phenoxy) is 1. The van der Waals surface area contributed by atoms with Crippen LogP contribution in [0.15, 0.2) is 41.2 Å². The average molecular weight is 500 g/mol. The lowest BCUT2D eigenvalue weighted by molar-refractivity contribution is -0.0498. The van der Waals surface area contributed by atoms with Crippen LogP contribution < -0.4 is 15.7 Å². The van der Waals surface area contributed by atoms with Crippen LogP contribution in [0.5, 0.6) is 5.75 Å². The molecule has 0 atom stereocenters. The van der Waals surface area contributed by atoms with Crippen LogP contribution in [0, 0.1) is 5.82 Å². The number of imidazole rings is 1. The predicted molar refractivity (Wildman–Crippen MR) is 123 cm³/mol. The lowest BCUT2D eigenvalue weighted by atomic mass is 10.1. The standard InChI is InChI=1S/C22H24F3N3O5S/c1-12(2)27-17-8-13(19(29)26-22(3)10-34(31,32)11-22)7-16(23)18(17)28(21(27)30)14-5-4-6-15(9-14)33-20(24)25/h4-9,12,20,31-32H,10-11H2,1-3H3,(H,26,29). The minimum atomic E-state index is -3.07. The zero-order chi connectivity index (χ0) is 25.0. The van der Waals surface area contributed by atoms with Crippen LogP contribution in [-0.4, -0.2) is 47.8 Å². The van der Waals surface area contributed by atoms with Gasteiger partial charge in [0.1, 0.15) is 17.1 Å². The number of benzene rings is 2. The van der Waals surface area contributed by atoms with Gasteiger partial charge in [0.2, 0.25) is 0 Å². The van der Waals surface area contributed by atoms with Crippen LogP contribution >= 0.6 is 10.6 Å². The number of hydrogen-bond acceptors (Lipinski definition) is 5. The maximum Gasteiger partial charge on any atom is 0.387 e. The first kappa shape index (κ1) is 24.2. The summed E-state index contributed by atoms with van der Waals surface area (Å²) in [4.78, 5) is 26.1. The SMILES string of the molecule is CC(C)n1c(=O)n(-c2cccc(OC(F)F)c2)c2c(F)cc(C(=O)NC3(C)CS(O)(O)C3)cc21. The van der Waals surface area contributed by atoms with E-state index in [2.05, 4.69) is 10.1 Å². The molecule has 0 bridgehead atoms. The summed E-state index contributed by atoms with van der Waals surface area (Å²) >= 11 is 0. The fourth-order valence-corrected chi connectivity index (χ4v) is 6.46. The molecule has 0 radical (unpaired) electrons. The zero-order valence-corrected chi connectivity index (χ0v) is 19.4. The van der Waals surface area contributed by atoms with E-state index in [-0.39, 0.29) is 39.5 Å². The average Bonchev–Trinajstić information content (AvgIpc) is 2.98. The van der Waals surface area contributed by atoms with E-state index in [4.69, 9.17) is 0 Å². The fraction of sp³-hybridized carbons (Fsp3) is 0.364. The number of aromatic nitrogens is 2. The maximum absolute atomic E-state index is 15.4. The smallest absolute Gasteiger partial charge is 0.387 e. The zero-order valence-electron chi connectivity index (χ0n) is 18.6. The van der Waals surface area contributed by atoms with E-state index in [1.165, 1.54) is 34.9 Å². The molecule has 3 N–H and O–H groups in total. The summed E-state index contributed by atoms with van der Waals surface area (Å²) in [7, 11) is -2.72. The number of nitrogens with one attached hydrogen (secondary N) is 1. The van der Waals surface area contributed by atoms with Gasteiger partial charge in [-0.25, -0.2) is 9.18 Å². The summed E-state index contributed by atoms with van der Waals surface area (Å²) in [6.07, 6.45) is 0. The number of nitrogens with zero attached hydrogens (tertiary/aromatic N) is 2. The molecule has 1 fully saturated rings.